The van der Waals surface area contributed by atoms with E-state index in [1.807, 2.05) is 0 Å². The molecule has 2 aromatic heterocycles. The Bertz CT molecular complexity index is 1230. The fourth-order valence-corrected chi connectivity index (χ4v) is 5.28. The molecule has 0 saturated carbocycles. The summed E-state index contributed by atoms with van der Waals surface area (Å²) in [6.07, 6.45) is -0.349. The predicted molar refractivity (Wildman–Crippen MR) is 128 cm³/mol. The van der Waals surface area contributed by atoms with Crippen molar-refractivity contribution in [2.24, 2.45) is 5.92 Å². The Balaban J connectivity index is 1.53. The quantitative estimate of drug-likeness (QED) is 0.232. The summed E-state index contributed by atoms with van der Waals surface area (Å²) in [4.78, 5) is 23.9. The van der Waals surface area contributed by atoms with Gasteiger partial charge in [-0.15, -0.1) is 0 Å². The summed E-state index contributed by atoms with van der Waals surface area (Å²) in [5.74, 6) is 0.422. The number of benzene rings is 1. The molecule has 3 heterocycles. The average Bonchev–Trinajstić information content (AvgIpc) is 3.38. The van der Waals surface area contributed by atoms with Crippen molar-refractivity contribution >= 4 is 37.0 Å². The third kappa shape index (κ3) is 5.29. The third-order valence-electron chi connectivity index (χ3n) is 5.58. The van der Waals surface area contributed by atoms with Gasteiger partial charge in [0.25, 0.3) is 0 Å². The minimum absolute atomic E-state index is 0.0593. The summed E-state index contributed by atoms with van der Waals surface area (Å²) in [5, 5.41) is 16.4. The number of carbonyl (C=O) groups excluding carboxylic acids is 1. The molecule has 5 N–H and O–H groups in total. The van der Waals surface area contributed by atoms with E-state index in [4.69, 9.17) is 19.5 Å². The van der Waals surface area contributed by atoms with Crippen LogP contribution in [0.5, 0.6) is 5.75 Å². The van der Waals surface area contributed by atoms with Gasteiger partial charge in [0.2, 0.25) is 5.95 Å². The first-order chi connectivity index (χ1) is 16.7. The SMILES string of the molecule is CNc1nc(N)nc2c1ncn2[C@@H]1O[C@H](CO[P@](=O)(N[C@@H](C)C=O)Oc2ccccc2)[C@@H](O)[C@@H]1C. The van der Waals surface area contributed by atoms with Crippen LogP contribution >= 0.6 is 7.75 Å². The second-order valence-corrected chi connectivity index (χ2v) is 9.86. The summed E-state index contributed by atoms with van der Waals surface area (Å²) in [6, 6.07) is 7.63. The second-order valence-electron chi connectivity index (χ2n) is 8.17. The Hall–Kier alpha value is -3.09. The van der Waals surface area contributed by atoms with Crippen molar-refractivity contribution in [1.82, 2.24) is 24.6 Å². The summed E-state index contributed by atoms with van der Waals surface area (Å²) < 4.78 is 32.3. The number of aliphatic hydroxyl groups is 1. The van der Waals surface area contributed by atoms with Gasteiger partial charge >= 0.3 is 7.75 Å². The average molecular weight is 505 g/mol. The Kier molecular flexibility index (Phi) is 7.33. The Morgan fingerprint density at radius 3 is 2.77 bits per heavy atom. The van der Waals surface area contributed by atoms with Crippen LogP contribution < -0.4 is 20.7 Å². The summed E-state index contributed by atoms with van der Waals surface area (Å²) >= 11 is 0. The summed E-state index contributed by atoms with van der Waals surface area (Å²) in [5.41, 5.74) is 6.77. The Morgan fingerprint density at radius 1 is 1.34 bits per heavy atom. The second kappa shape index (κ2) is 10.3. The standard InChI is InChI=1S/C21H28N7O6P/c1-12(9-29)27-35(31,34-14-7-5-4-6-8-14)32-10-15-17(30)13(2)20(33-15)28-11-24-16-18(23-3)25-21(22)26-19(16)28/h4-9,11-13,15,17,20,30H,10H2,1-3H3,(H,27,31)(H3,22,23,25,26)/t12-,13-,15+,17-,20+,35+/m0/s1. The van der Waals surface area contributed by atoms with E-state index in [0.717, 1.165) is 0 Å². The molecule has 0 spiro atoms. The van der Waals surface area contributed by atoms with Crippen LogP contribution in [-0.2, 0) is 18.6 Å². The van der Waals surface area contributed by atoms with Crippen LogP contribution in [0.15, 0.2) is 36.7 Å². The van der Waals surface area contributed by atoms with Gasteiger partial charge in [-0.25, -0.2) is 14.6 Å². The van der Waals surface area contributed by atoms with Gasteiger partial charge < -0.3 is 30.2 Å². The topological polar surface area (TPSA) is 176 Å². The number of anilines is 2. The molecular formula is C21H28N7O6P. The number of hydrogen-bond donors (Lipinski definition) is 4. The van der Waals surface area contributed by atoms with Crippen molar-refractivity contribution in [3.63, 3.8) is 0 Å². The van der Waals surface area contributed by atoms with E-state index in [9.17, 15) is 14.5 Å². The highest BCUT2D eigenvalue weighted by atomic mass is 31.2. The van der Waals surface area contributed by atoms with Gasteiger partial charge in [0.15, 0.2) is 17.0 Å². The fourth-order valence-electron chi connectivity index (χ4n) is 3.80. The number of hydrogen-bond acceptors (Lipinski definition) is 11. The van der Waals surface area contributed by atoms with Crippen LogP contribution in [0.3, 0.4) is 0 Å². The molecule has 1 aliphatic rings. The van der Waals surface area contributed by atoms with Gasteiger partial charge in [0.05, 0.1) is 25.1 Å². The van der Waals surface area contributed by atoms with Crippen LogP contribution in [0.4, 0.5) is 11.8 Å². The lowest BCUT2D eigenvalue weighted by Crippen LogP contribution is -2.32. The number of fused-ring (bicyclic) bond motifs is 1. The number of aliphatic hydroxyl groups excluding tert-OH is 1. The highest BCUT2D eigenvalue weighted by molar-refractivity contribution is 7.52. The largest absolute Gasteiger partial charge is 0.459 e. The smallest absolute Gasteiger partial charge is 0.413 e. The first kappa shape index (κ1) is 25.0. The van der Waals surface area contributed by atoms with Crippen molar-refractivity contribution in [3.05, 3.63) is 36.7 Å². The molecule has 0 unspecified atom stereocenters. The number of nitrogens with one attached hydrogen (secondary N) is 2. The molecule has 35 heavy (non-hydrogen) atoms. The number of ether oxygens (including phenoxy) is 1. The molecule has 1 aliphatic heterocycles. The molecule has 1 aromatic carbocycles. The number of aromatic nitrogens is 4. The van der Waals surface area contributed by atoms with Crippen LogP contribution in [0.25, 0.3) is 11.2 Å². The van der Waals surface area contributed by atoms with Gasteiger partial charge in [-0.05, 0) is 19.1 Å². The van der Waals surface area contributed by atoms with Crippen molar-refractivity contribution < 1.29 is 28.3 Å². The highest BCUT2D eigenvalue weighted by Crippen LogP contribution is 2.46. The molecule has 0 aliphatic carbocycles. The highest BCUT2D eigenvalue weighted by Gasteiger charge is 2.44. The molecule has 0 amide bonds. The fraction of sp³-hybridized carbons (Fsp3) is 0.429. The molecule has 188 valence electrons. The lowest BCUT2D eigenvalue weighted by Gasteiger charge is -2.23. The number of nitrogens with zero attached hydrogens (tertiary/aromatic N) is 4. The van der Waals surface area contributed by atoms with Crippen LogP contribution in [0.2, 0.25) is 0 Å². The van der Waals surface area contributed by atoms with Gasteiger partial charge in [0.1, 0.15) is 24.4 Å². The lowest BCUT2D eigenvalue weighted by atomic mass is 10.0. The third-order valence-corrected chi connectivity index (χ3v) is 7.24. The van der Waals surface area contributed by atoms with Crippen molar-refractivity contribution in [2.45, 2.75) is 38.3 Å². The number of nitrogen functional groups attached to an aromatic ring is 1. The zero-order valence-electron chi connectivity index (χ0n) is 19.4. The van der Waals surface area contributed by atoms with Gasteiger partial charge in [0, 0.05) is 13.0 Å². The normalized spacial score (nSPS) is 24.7. The molecule has 1 fully saturated rings. The Labute approximate surface area is 201 Å². The molecule has 0 bridgehead atoms. The van der Waals surface area contributed by atoms with E-state index in [-0.39, 0.29) is 12.6 Å². The monoisotopic (exact) mass is 505 g/mol. The zero-order valence-corrected chi connectivity index (χ0v) is 20.3. The van der Waals surface area contributed by atoms with Gasteiger partial charge in [-0.2, -0.15) is 9.97 Å². The van der Waals surface area contributed by atoms with Crippen molar-refractivity contribution in [2.75, 3.05) is 24.7 Å². The predicted octanol–water partition coefficient (Wildman–Crippen LogP) is 1.73. The van der Waals surface area contributed by atoms with E-state index in [1.165, 1.54) is 13.3 Å². The summed E-state index contributed by atoms with van der Waals surface area (Å²) in [6.45, 7) is 3.06. The van der Waals surface area contributed by atoms with Crippen LogP contribution in [0, 0.1) is 5.92 Å². The molecule has 6 atom stereocenters. The van der Waals surface area contributed by atoms with E-state index < -0.39 is 38.1 Å². The minimum atomic E-state index is -3.99. The zero-order chi connectivity index (χ0) is 25.2. The van der Waals surface area contributed by atoms with Crippen molar-refractivity contribution in [3.8, 4) is 5.75 Å². The molecule has 14 heteroatoms. The molecule has 1 saturated heterocycles. The van der Waals surface area contributed by atoms with Crippen LogP contribution in [0.1, 0.15) is 20.1 Å². The van der Waals surface area contributed by atoms with E-state index in [1.54, 1.807) is 48.9 Å². The maximum atomic E-state index is 13.4. The molecule has 3 aromatic rings. The van der Waals surface area contributed by atoms with Gasteiger partial charge in [-0.3, -0.25) is 9.09 Å². The van der Waals surface area contributed by atoms with Crippen molar-refractivity contribution in [1.29, 1.82) is 0 Å². The molecule has 13 nitrogen and oxygen atoms in total. The first-order valence-electron chi connectivity index (χ1n) is 11.0. The number of nitrogens with two attached hydrogens (primary N) is 1. The number of carbonyl (C=O) groups is 1. The number of rotatable bonds is 10. The van der Waals surface area contributed by atoms with E-state index in [2.05, 4.69) is 25.4 Å². The molecule has 0 radical (unpaired) electrons. The maximum absolute atomic E-state index is 13.4. The van der Waals surface area contributed by atoms with Gasteiger partial charge in [-0.1, -0.05) is 25.1 Å². The Morgan fingerprint density at radius 2 is 2.09 bits per heavy atom. The van der Waals surface area contributed by atoms with Crippen LogP contribution in [-0.4, -0.2) is 62.8 Å². The lowest BCUT2D eigenvalue weighted by molar-refractivity contribution is -0.109. The maximum Gasteiger partial charge on any atom is 0.459 e. The molecular weight excluding hydrogens is 477 g/mol. The number of para-hydroxylation sites is 1. The summed E-state index contributed by atoms with van der Waals surface area (Å²) in [7, 11) is -2.29. The number of imidazole rings is 1. The first-order valence-corrected chi connectivity index (χ1v) is 12.5. The van der Waals surface area contributed by atoms with E-state index in [0.29, 0.717) is 29.0 Å². The molecule has 4 rings (SSSR count). The number of aldehydes is 1. The minimum Gasteiger partial charge on any atom is -0.413 e. The van der Waals surface area contributed by atoms with E-state index >= 15 is 0 Å².